The van der Waals surface area contributed by atoms with E-state index in [4.69, 9.17) is 4.74 Å². The Hall–Kier alpha value is -0.470. The summed E-state index contributed by atoms with van der Waals surface area (Å²) in [5.41, 5.74) is 0. The average molecular weight is 320 g/mol. The van der Waals surface area contributed by atoms with Gasteiger partial charge in [-0.05, 0) is 32.9 Å². The number of hydrogen-bond donors (Lipinski definition) is 2. The minimum atomic E-state index is -3.43. The molecule has 0 aliphatic carbocycles. The maximum atomic E-state index is 12.2. The van der Waals surface area contributed by atoms with Gasteiger partial charge in [0, 0.05) is 29.5 Å². The van der Waals surface area contributed by atoms with Gasteiger partial charge in [-0.15, -0.1) is 11.3 Å². The lowest BCUT2D eigenvalue weighted by atomic mass is 10.4. The summed E-state index contributed by atoms with van der Waals surface area (Å²) in [6, 6.07) is 1.76. The Morgan fingerprint density at radius 2 is 2.05 bits per heavy atom. The zero-order valence-corrected chi connectivity index (χ0v) is 14.0. The highest BCUT2D eigenvalue weighted by molar-refractivity contribution is 7.89. The van der Waals surface area contributed by atoms with Crippen LogP contribution in [0.5, 0.6) is 0 Å². The predicted octanol–water partition coefficient (Wildman–Crippen LogP) is 1.87. The number of ether oxygens (including phenoxy) is 1. The zero-order valence-electron chi connectivity index (χ0n) is 12.4. The minimum Gasteiger partial charge on any atom is -0.380 e. The zero-order chi connectivity index (χ0) is 15.0. The summed E-state index contributed by atoms with van der Waals surface area (Å²) in [5, 5.41) is 3.28. The van der Waals surface area contributed by atoms with Crippen molar-refractivity contribution in [3.8, 4) is 0 Å². The van der Waals surface area contributed by atoms with Crippen LogP contribution in [0.3, 0.4) is 0 Å². The second kappa shape index (κ2) is 8.74. The van der Waals surface area contributed by atoms with E-state index in [1.165, 1.54) is 11.3 Å². The molecule has 0 atom stereocenters. The van der Waals surface area contributed by atoms with Crippen molar-refractivity contribution in [3.05, 3.63) is 15.8 Å². The predicted molar refractivity (Wildman–Crippen MR) is 82.7 cm³/mol. The molecule has 0 aliphatic rings. The average Bonchev–Trinajstić information content (AvgIpc) is 2.77. The molecule has 0 fully saturated rings. The molecule has 0 amide bonds. The van der Waals surface area contributed by atoms with E-state index in [0.717, 1.165) is 22.7 Å². The highest BCUT2D eigenvalue weighted by Gasteiger charge is 2.19. The van der Waals surface area contributed by atoms with E-state index in [1.807, 2.05) is 13.8 Å². The van der Waals surface area contributed by atoms with Gasteiger partial charge in [-0.25, -0.2) is 13.1 Å². The third-order valence-electron chi connectivity index (χ3n) is 2.68. The molecule has 0 aromatic carbocycles. The summed E-state index contributed by atoms with van der Waals surface area (Å²) >= 11 is 1.52. The number of sulfonamides is 1. The number of aryl methyl sites for hydroxylation is 1. The molecule has 1 rings (SSSR count). The van der Waals surface area contributed by atoms with E-state index in [-0.39, 0.29) is 0 Å². The Labute approximate surface area is 125 Å². The standard InChI is InChI=1S/C13H24N2O3S2/c1-4-6-14-10-12-9-13(11(3)19-12)20(16,17)15-7-8-18-5-2/h9,14-15H,4-8,10H2,1-3H3. The van der Waals surface area contributed by atoms with Crippen molar-refractivity contribution in [1.29, 1.82) is 0 Å². The summed E-state index contributed by atoms with van der Waals surface area (Å²) in [7, 11) is -3.43. The second-order valence-corrected chi connectivity index (χ2v) is 7.48. The largest absolute Gasteiger partial charge is 0.380 e. The summed E-state index contributed by atoms with van der Waals surface area (Å²) < 4.78 is 32.1. The van der Waals surface area contributed by atoms with Gasteiger partial charge in [0.05, 0.1) is 11.5 Å². The highest BCUT2D eigenvalue weighted by atomic mass is 32.2. The first kappa shape index (κ1) is 17.6. The van der Waals surface area contributed by atoms with Crippen molar-refractivity contribution < 1.29 is 13.2 Å². The van der Waals surface area contributed by atoms with Gasteiger partial charge < -0.3 is 10.1 Å². The van der Waals surface area contributed by atoms with Crippen LogP contribution in [0, 0.1) is 6.92 Å². The molecule has 1 heterocycles. The molecule has 20 heavy (non-hydrogen) atoms. The molecule has 0 bridgehead atoms. The highest BCUT2D eigenvalue weighted by Crippen LogP contribution is 2.25. The van der Waals surface area contributed by atoms with E-state index >= 15 is 0 Å². The van der Waals surface area contributed by atoms with Crippen molar-refractivity contribution in [2.45, 2.75) is 38.6 Å². The van der Waals surface area contributed by atoms with Gasteiger partial charge in [-0.3, -0.25) is 0 Å². The SMILES string of the molecule is CCCNCc1cc(S(=O)(=O)NCCOCC)c(C)s1. The molecule has 0 saturated carbocycles. The van der Waals surface area contributed by atoms with Crippen molar-refractivity contribution in [2.24, 2.45) is 0 Å². The van der Waals surface area contributed by atoms with Crippen LogP contribution >= 0.6 is 11.3 Å². The van der Waals surface area contributed by atoms with Crippen molar-refractivity contribution in [2.75, 3.05) is 26.3 Å². The molecule has 116 valence electrons. The maximum absolute atomic E-state index is 12.2. The van der Waals surface area contributed by atoms with E-state index in [2.05, 4.69) is 17.0 Å². The van der Waals surface area contributed by atoms with Gasteiger partial charge in [0.1, 0.15) is 0 Å². The van der Waals surface area contributed by atoms with Gasteiger partial charge >= 0.3 is 0 Å². The molecule has 0 spiro atoms. The Kier molecular flexibility index (Phi) is 7.68. The van der Waals surface area contributed by atoms with Crippen molar-refractivity contribution >= 4 is 21.4 Å². The molecular weight excluding hydrogens is 296 g/mol. The summed E-state index contributed by atoms with van der Waals surface area (Å²) in [6.07, 6.45) is 1.06. The molecule has 0 aliphatic heterocycles. The Bertz CT molecular complexity index is 498. The topological polar surface area (TPSA) is 67.4 Å². The smallest absolute Gasteiger partial charge is 0.241 e. The van der Waals surface area contributed by atoms with Crippen LogP contribution in [-0.4, -0.2) is 34.7 Å². The Morgan fingerprint density at radius 3 is 2.70 bits per heavy atom. The normalized spacial score (nSPS) is 11.9. The molecule has 0 unspecified atom stereocenters. The molecule has 0 radical (unpaired) electrons. The van der Waals surface area contributed by atoms with Gasteiger partial charge in [-0.2, -0.15) is 0 Å². The minimum absolute atomic E-state index is 0.300. The van der Waals surface area contributed by atoms with Crippen LogP contribution in [0.1, 0.15) is 30.0 Å². The maximum Gasteiger partial charge on any atom is 0.241 e. The molecule has 5 nitrogen and oxygen atoms in total. The van der Waals surface area contributed by atoms with Crippen LogP contribution in [0.4, 0.5) is 0 Å². The van der Waals surface area contributed by atoms with Crippen LogP contribution in [0.25, 0.3) is 0 Å². The monoisotopic (exact) mass is 320 g/mol. The molecule has 7 heteroatoms. The fourth-order valence-electron chi connectivity index (χ4n) is 1.74. The summed E-state index contributed by atoms with van der Waals surface area (Å²) in [4.78, 5) is 2.25. The first-order chi connectivity index (χ1) is 9.51. The van der Waals surface area contributed by atoms with Gasteiger partial charge in [-0.1, -0.05) is 6.92 Å². The van der Waals surface area contributed by atoms with Gasteiger partial charge in [0.25, 0.3) is 0 Å². The molecule has 1 aromatic heterocycles. The first-order valence-electron chi connectivity index (χ1n) is 6.88. The van der Waals surface area contributed by atoms with E-state index in [0.29, 0.717) is 31.2 Å². The Balaban J connectivity index is 2.64. The van der Waals surface area contributed by atoms with Crippen molar-refractivity contribution in [1.82, 2.24) is 10.0 Å². The molecule has 1 aromatic rings. The molecular formula is C13H24N2O3S2. The molecule has 0 saturated heterocycles. The number of rotatable bonds is 10. The Morgan fingerprint density at radius 1 is 1.30 bits per heavy atom. The van der Waals surface area contributed by atoms with E-state index in [1.54, 1.807) is 6.07 Å². The quantitative estimate of drug-likeness (QED) is 0.646. The van der Waals surface area contributed by atoms with Crippen LogP contribution < -0.4 is 10.0 Å². The second-order valence-electron chi connectivity index (χ2n) is 4.40. The third-order valence-corrected chi connectivity index (χ3v) is 5.45. The number of nitrogens with one attached hydrogen (secondary N) is 2. The lowest BCUT2D eigenvalue weighted by Gasteiger charge is -2.06. The van der Waals surface area contributed by atoms with Gasteiger partial charge in [0.15, 0.2) is 0 Å². The molecule has 2 N–H and O–H groups in total. The van der Waals surface area contributed by atoms with Crippen molar-refractivity contribution in [3.63, 3.8) is 0 Å². The summed E-state index contributed by atoms with van der Waals surface area (Å²) in [6.45, 7) is 8.76. The third kappa shape index (κ3) is 5.49. The fourth-order valence-corrected chi connectivity index (χ4v) is 4.35. The first-order valence-corrected chi connectivity index (χ1v) is 9.18. The van der Waals surface area contributed by atoms with E-state index < -0.39 is 10.0 Å². The van der Waals surface area contributed by atoms with Crippen LogP contribution in [0.15, 0.2) is 11.0 Å². The van der Waals surface area contributed by atoms with Gasteiger partial charge in [0.2, 0.25) is 10.0 Å². The van der Waals surface area contributed by atoms with E-state index in [9.17, 15) is 8.42 Å². The van der Waals surface area contributed by atoms with Crippen LogP contribution in [0.2, 0.25) is 0 Å². The summed E-state index contributed by atoms with van der Waals surface area (Å²) in [5.74, 6) is 0. The number of thiophene rings is 1. The lowest BCUT2D eigenvalue weighted by molar-refractivity contribution is 0.153. The lowest BCUT2D eigenvalue weighted by Crippen LogP contribution is -2.27. The fraction of sp³-hybridized carbons (Fsp3) is 0.692. The number of hydrogen-bond acceptors (Lipinski definition) is 5. The van der Waals surface area contributed by atoms with Crippen LogP contribution in [-0.2, 0) is 21.3 Å².